The predicted molar refractivity (Wildman–Crippen MR) is 142 cm³/mol. The van der Waals surface area contributed by atoms with E-state index in [1.807, 2.05) is 12.1 Å². The first-order chi connectivity index (χ1) is 15.9. The van der Waals surface area contributed by atoms with Crippen molar-refractivity contribution in [1.82, 2.24) is 9.55 Å². The molecule has 2 aromatic rings. The second kappa shape index (κ2) is 13.7. The highest BCUT2D eigenvalue weighted by atomic mass is 35.5. The number of benzene rings is 1. The average Bonchev–Trinajstić information content (AvgIpc) is 3.05. The lowest BCUT2D eigenvalue weighted by molar-refractivity contribution is 0.199. The number of aromatic nitrogens is 2. The van der Waals surface area contributed by atoms with E-state index in [0.717, 1.165) is 40.7 Å². The Morgan fingerprint density at radius 2 is 1.61 bits per heavy atom. The molecule has 1 heterocycles. The van der Waals surface area contributed by atoms with Crippen molar-refractivity contribution in [3.8, 4) is 0 Å². The van der Waals surface area contributed by atoms with Crippen LogP contribution in [-0.2, 0) is 18.2 Å². The summed E-state index contributed by atoms with van der Waals surface area (Å²) in [6, 6.07) is 5.67. The fraction of sp³-hybridized carbons (Fsp3) is 0.593. The van der Waals surface area contributed by atoms with E-state index in [1.54, 1.807) is 17.8 Å². The fourth-order valence-corrected chi connectivity index (χ4v) is 6.12. The van der Waals surface area contributed by atoms with Gasteiger partial charge in [-0.15, -0.1) is 0 Å². The Balaban J connectivity index is 1.65. The summed E-state index contributed by atoms with van der Waals surface area (Å²) < 4.78 is 8.47. The Hall–Kier alpha value is -1.10. The van der Waals surface area contributed by atoms with Gasteiger partial charge >= 0.3 is 0 Å². The number of rotatable bonds is 7. The zero-order valence-corrected chi connectivity index (χ0v) is 22.7. The van der Waals surface area contributed by atoms with Crippen molar-refractivity contribution in [2.45, 2.75) is 100 Å². The first-order valence-electron chi connectivity index (χ1n) is 12.5. The molecule has 0 saturated heterocycles. The number of hydrogen-bond acceptors (Lipinski definition) is 3. The van der Waals surface area contributed by atoms with Crippen LogP contribution in [0.3, 0.4) is 0 Å². The van der Waals surface area contributed by atoms with Crippen molar-refractivity contribution < 1.29 is 4.74 Å². The summed E-state index contributed by atoms with van der Waals surface area (Å²) in [6.07, 6.45) is 16.0. The molecule has 182 valence electrons. The molecule has 3 nitrogen and oxygen atoms in total. The van der Waals surface area contributed by atoms with Crippen molar-refractivity contribution in [3.05, 3.63) is 51.6 Å². The number of nitrogens with zero attached hydrogens (tertiary/aromatic N) is 2. The van der Waals surface area contributed by atoms with Crippen molar-refractivity contribution >= 4 is 35.0 Å². The van der Waals surface area contributed by atoms with E-state index >= 15 is 0 Å². The first-order valence-corrected chi connectivity index (χ1v) is 14.0. The normalized spacial score (nSPS) is 16.2. The van der Waals surface area contributed by atoms with Gasteiger partial charge in [0.25, 0.3) is 0 Å². The van der Waals surface area contributed by atoms with Gasteiger partial charge in [0.2, 0.25) is 0 Å². The largest absolute Gasteiger partial charge is 0.498 e. The second-order valence-corrected chi connectivity index (χ2v) is 11.2. The van der Waals surface area contributed by atoms with E-state index in [0.29, 0.717) is 22.6 Å². The Morgan fingerprint density at radius 3 is 2.27 bits per heavy atom. The van der Waals surface area contributed by atoms with Gasteiger partial charge in [0.1, 0.15) is 10.9 Å². The van der Waals surface area contributed by atoms with Gasteiger partial charge in [-0.1, -0.05) is 87.3 Å². The van der Waals surface area contributed by atoms with Crippen LogP contribution < -0.4 is 0 Å². The van der Waals surface area contributed by atoms with Gasteiger partial charge in [0.15, 0.2) is 0 Å². The summed E-state index contributed by atoms with van der Waals surface area (Å²) in [6.45, 7) is 5.04. The lowest BCUT2D eigenvalue weighted by Gasteiger charge is -2.12. The van der Waals surface area contributed by atoms with Crippen LogP contribution in [0.2, 0.25) is 10.0 Å². The molecular formula is C27H38Cl2N2OS. The summed E-state index contributed by atoms with van der Waals surface area (Å²) in [7, 11) is 2.10. The molecular weight excluding hydrogens is 471 g/mol. The third-order valence-electron chi connectivity index (χ3n) is 6.12. The summed E-state index contributed by atoms with van der Waals surface area (Å²) in [5.74, 6) is 2.57. The van der Waals surface area contributed by atoms with Gasteiger partial charge < -0.3 is 9.30 Å². The summed E-state index contributed by atoms with van der Waals surface area (Å²) in [4.78, 5) is 6.02. The van der Waals surface area contributed by atoms with E-state index in [9.17, 15) is 0 Å². The van der Waals surface area contributed by atoms with E-state index in [4.69, 9.17) is 32.9 Å². The van der Waals surface area contributed by atoms with Crippen molar-refractivity contribution in [3.63, 3.8) is 0 Å². The number of hydrogen-bond donors (Lipinski definition) is 0. The number of imidazole rings is 1. The molecule has 0 radical (unpaired) electrons. The Morgan fingerprint density at radius 1 is 0.970 bits per heavy atom. The van der Waals surface area contributed by atoms with E-state index < -0.39 is 0 Å². The van der Waals surface area contributed by atoms with E-state index in [-0.39, 0.29) is 0 Å². The lowest BCUT2D eigenvalue weighted by Crippen LogP contribution is -2.05. The van der Waals surface area contributed by atoms with Crippen LogP contribution >= 0.6 is 35.0 Å². The van der Waals surface area contributed by atoms with E-state index in [1.165, 1.54) is 57.1 Å². The Labute approximate surface area is 214 Å². The molecule has 1 aliphatic carbocycles. The third kappa shape index (κ3) is 8.56. The maximum absolute atomic E-state index is 6.27. The molecule has 0 fully saturated rings. The minimum atomic E-state index is 0.331. The number of ether oxygens (including phenoxy) is 1. The van der Waals surface area contributed by atoms with Gasteiger partial charge in [-0.3, -0.25) is 0 Å². The monoisotopic (exact) mass is 508 g/mol. The molecule has 6 heteroatoms. The highest BCUT2D eigenvalue weighted by Gasteiger charge is 2.19. The molecule has 0 atom stereocenters. The van der Waals surface area contributed by atoms with Crippen molar-refractivity contribution in [2.75, 3.05) is 6.61 Å². The van der Waals surface area contributed by atoms with Crippen LogP contribution in [-0.4, -0.2) is 16.2 Å². The van der Waals surface area contributed by atoms with Crippen molar-refractivity contribution in [2.24, 2.45) is 7.05 Å². The highest BCUT2D eigenvalue weighted by molar-refractivity contribution is 7.99. The molecule has 1 aliphatic rings. The van der Waals surface area contributed by atoms with Gasteiger partial charge in [-0.25, -0.2) is 4.98 Å². The topological polar surface area (TPSA) is 27.1 Å². The molecule has 0 aliphatic heterocycles. The predicted octanol–water partition coefficient (Wildman–Crippen LogP) is 9.36. The smallest absolute Gasteiger partial charge is 0.113 e. The first kappa shape index (κ1) is 26.5. The van der Waals surface area contributed by atoms with Crippen LogP contribution in [0.25, 0.3) is 0 Å². The molecule has 0 spiro atoms. The average molecular weight is 510 g/mol. The minimum Gasteiger partial charge on any atom is -0.498 e. The highest BCUT2D eigenvalue weighted by Crippen LogP contribution is 2.36. The SMILES string of the molecule is CC(C)c1nc(CCOC2=CCCCCCCCCCC2)n(C)c1Sc1cc(Cl)cc(Cl)c1. The van der Waals surface area contributed by atoms with Crippen LogP contribution in [0, 0.1) is 0 Å². The van der Waals surface area contributed by atoms with Crippen LogP contribution in [0.5, 0.6) is 0 Å². The zero-order chi connectivity index (χ0) is 23.6. The van der Waals surface area contributed by atoms with Crippen molar-refractivity contribution in [1.29, 1.82) is 0 Å². The second-order valence-electron chi connectivity index (χ2n) is 9.28. The molecule has 33 heavy (non-hydrogen) atoms. The summed E-state index contributed by atoms with van der Waals surface area (Å²) >= 11 is 14.1. The molecule has 0 saturated carbocycles. The van der Waals surface area contributed by atoms with Gasteiger partial charge in [0.05, 0.1) is 18.1 Å². The third-order valence-corrected chi connectivity index (χ3v) is 7.70. The Bertz CT molecular complexity index is 903. The maximum atomic E-state index is 6.27. The minimum absolute atomic E-state index is 0.331. The zero-order valence-electron chi connectivity index (χ0n) is 20.3. The Kier molecular flexibility index (Phi) is 11.0. The van der Waals surface area contributed by atoms with Crippen LogP contribution in [0.4, 0.5) is 0 Å². The standard InChI is InChI=1S/C27H38Cl2N2OS/c1-20(2)26-27(33-24-18-21(28)17-22(29)19-24)31(3)25(30-26)15-16-32-23-13-11-9-7-5-4-6-8-10-12-14-23/h13,17-20H,4-12,14-16H2,1-3H3. The van der Waals surface area contributed by atoms with Gasteiger partial charge in [0, 0.05) is 34.8 Å². The quantitative estimate of drug-likeness (QED) is 0.372. The van der Waals surface area contributed by atoms with Crippen LogP contribution in [0.1, 0.15) is 95.5 Å². The molecule has 1 aromatic carbocycles. The summed E-state index contributed by atoms with van der Waals surface area (Å²) in [5.41, 5.74) is 1.11. The fourth-order valence-electron chi connectivity index (χ4n) is 4.24. The maximum Gasteiger partial charge on any atom is 0.113 e. The lowest BCUT2D eigenvalue weighted by atomic mass is 10.0. The molecule has 0 N–H and O–H groups in total. The number of allylic oxidation sites excluding steroid dienone is 2. The molecule has 0 amide bonds. The van der Waals surface area contributed by atoms with Gasteiger partial charge in [-0.2, -0.15) is 0 Å². The molecule has 3 rings (SSSR count). The molecule has 0 bridgehead atoms. The number of halogens is 2. The summed E-state index contributed by atoms with van der Waals surface area (Å²) in [5, 5.41) is 2.44. The molecule has 0 unspecified atom stereocenters. The van der Waals surface area contributed by atoms with Gasteiger partial charge in [-0.05, 0) is 49.5 Å². The van der Waals surface area contributed by atoms with Crippen LogP contribution in [0.15, 0.2) is 40.0 Å². The van der Waals surface area contributed by atoms with E-state index in [2.05, 4.69) is 31.5 Å². The molecule has 1 aromatic heterocycles.